The maximum Gasteiger partial charge on any atom is 0.276 e. The fraction of sp³-hybridized carbons (Fsp3) is 0.857. The first-order chi connectivity index (χ1) is 13.6. The summed E-state index contributed by atoms with van der Waals surface area (Å²) < 4.78 is 1.90. The molecule has 156 valence electrons. The fourth-order valence-corrected chi connectivity index (χ4v) is 5.21. The third kappa shape index (κ3) is 4.40. The average Bonchev–Trinajstić information content (AvgIpc) is 3.24. The van der Waals surface area contributed by atoms with Gasteiger partial charge in [-0.05, 0) is 63.5 Å². The summed E-state index contributed by atoms with van der Waals surface area (Å²) in [5, 5.41) is 11.8. The minimum atomic E-state index is 0.0448. The van der Waals surface area contributed by atoms with Crippen LogP contribution >= 0.6 is 0 Å². The zero-order chi connectivity index (χ0) is 19.5. The van der Waals surface area contributed by atoms with Gasteiger partial charge in [-0.3, -0.25) is 9.69 Å². The number of carbonyl (C=O) groups excluding carboxylic acids is 1. The van der Waals surface area contributed by atoms with E-state index in [1.165, 1.54) is 25.7 Å². The molecule has 28 heavy (non-hydrogen) atoms. The van der Waals surface area contributed by atoms with Crippen molar-refractivity contribution >= 4 is 5.91 Å². The van der Waals surface area contributed by atoms with Gasteiger partial charge in [0.2, 0.25) is 0 Å². The summed E-state index contributed by atoms with van der Waals surface area (Å²) in [6.07, 6.45) is 9.33. The van der Waals surface area contributed by atoms with Crippen molar-refractivity contribution in [2.75, 3.05) is 39.3 Å². The van der Waals surface area contributed by atoms with Crippen molar-refractivity contribution in [1.82, 2.24) is 30.1 Å². The lowest BCUT2D eigenvalue weighted by Crippen LogP contribution is -2.52. The molecule has 0 unspecified atom stereocenters. The van der Waals surface area contributed by atoms with Gasteiger partial charge in [0.25, 0.3) is 5.91 Å². The summed E-state index contributed by atoms with van der Waals surface area (Å²) >= 11 is 0. The lowest BCUT2D eigenvalue weighted by atomic mass is 9.79. The minimum absolute atomic E-state index is 0.0448. The molecular weight excluding hydrogens is 352 g/mol. The Bertz CT molecular complexity index is 637. The third-order valence-electron chi connectivity index (χ3n) is 7.21. The summed E-state index contributed by atoms with van der Waals surface area (Å²) in [5.74, 6) is 1.76. The molecule has 2 aliphatic heterocycles. The monoisotopic (exact) mass is 388 g/mol. The first kappa shape index (κ1) is 19.8. The second-order valence-electron chi connectivity index (χ2n) is 9.21. The second kappa shape index (κ2) is 8.91. The zero-order valence-corrected chi connectivity index (χ0v) is 17.5. The van der Waals surface area contributed by atoms with Crippen molar-refractivity contribution in [1.29, 1.82) is 0 Å². The lowest BCUT2D eigenvalue weighted by Gasteiger charge is -2.42. The Hall–Kier alpha value is -1.47. The number of piperidine rings is 1. The van der Waals surface area contributed by atoms with Gasteiger partial charge in [-0.25, -0.2) is 4.68 Å². The van der Waals surface area contributed by atoms with Gasteiger partial charge < -0.3 is 10.2 Å². The van der Waals surface area contributed by atoms with Crippen LogP contribution in [0, 0.1) is 11.8 Å². The van der Waals surface area contributed by atoms with Crippen molar-refractivity contribution in [2.45, 2.75) is 64.5 Å². The van der Waals surface area contributed by atoms with Gasteiger partial charge in [0.05, 0.1) is 12.2 Å². The average molecular weight is 389 g/mol. The number of aromatic nitrogens is 3. The van der Waals surface area contributed by atoms with Crippen molar-refractivity contribution in [3.8, 4) is 0 Å². The number of carbonyl (C=O) groups is 1. The van der Waals surface area contributed by atoms with Gasteiger partial charge in [-0.1, -0.05) is 19.1 Å². The second-order valence-corrected chi connectivity index (χ2v) is 9.21. The SMILES string of the molecule is CC(C)C1CCC(N2CCN(C(=O)c3cn(C4CCNCC4)nn3)CC2)CC1. The van der Waals surface area contributed by atoms with E-state index in [4.69, 9.17) is 0 Å². The number of rotatable bonds is 4. The lowest BCUT2D eigenvalue weighted by molar-refractivity contribution is 0.0473. The van der Waals surface area contributed by atoms with E-state index in [1.807, 2.05) is 15.8 Å². The predicted molar refractivity (Wildman–Crippen MR) is 109 cm³/mol. The van der Waals surface area contributed by atoms with Crippen LogP contribution in [0.25, 0.3) is 0 Å². The van der Waals surface area contributed by atoms with E-state index in [9.17, 15) is 4.79 Å². The molecular formula is C21H36N6O. The van der Waals surface area contributed by atoms with Gasteiger partial charge >= 0.3 is 0 Å². The molecule has 7 heteroatoms. The zero-order valence-electron chi connectivity index (χ0n) is 17.5. The molecule has 2 saturated heterocycles. The van der Waals surface area contributed by atoms with Gasteiger partial charge in [0.15, 0.2) is 5.69 Å². The van der Waals surface area contributed by atoms with E-state index in [2.05, 4.69) is 34.4 Å². The van der Waals surface area contributed by atoms with Crippen molar-refractivity contribution < 1.29 is 4.79 Å². The largest absolute Gasteiger partial charge is 0.335 e. The molecule has 1 saturated carbocycles. The summed E-state index contributed by atoms with van der Waals surface area (Å²) in [7, 11) is 0. The van der Waals surface area contributed by atoms with Crippen LogP contribution in [0.15, 0.2) is 6.20 Å². The summed E-state index contributed by atoms with van der Waals surface area (Å²) in [5.41, 5.74) is 0.504. The molecule has 0 spiro atoms. The minimum Gasteiger partial charge on any atom is -0.335 e. The molecule has 0 aromatic carbocycles. The molecule has 1 N–H and O–H groups in total. The van der Waals surface area contributed by atoms with Crippen LogP contribution in [-0.2, 0) is 0 Å². The Morgan fingerprint density at radius 2 is 1.68 bits per heavy atom. The highest BCUT2D eigenvalue weighted by Gasteiger charge is 2.31. The molecule has 3 aliphatic rings. The summed E-state index contributed by atoms with van der Waals surface area (Å²) in [6, 6.07) is 1.08. The van der Waals surface area contributed by atoms with Crippen LogP contribution in [0.1, 0.15) is 68.9 Å². The van der Waals surface area contributed by atoms with Gasteiger partial charge in [0, 0.05) is 32.2 Å². The van der Waals surface area contributed by atoms with E-state index in [0.29, 0.717) is 17.8 Å². The van der Waals surface area contributed by atoms with Crippen molar-refractivity contribution in [3.63, 3.8) is 0 Å². The van der Waals surface area contributed by atoms with Crippen molar-refractivity contribution in [2.24, 2.45) is 11.8 Å². The van der Waals surface area contributed by atoms with Gasteiger partial charge in [-0.2, -0.15) is 0 Å². The Morgan fingerprint density at radius 1 is 1.00 bits per heavy atom. The van der Waals surface area contributed by atoms with Crippen molar-refractivity contribution in [3.05, 3.63) is 11.9 Å². The van der Waals surface area contributed by atoms with Crippen LogP contribution in [0.2, 0.25) is 0 Å². The van der Waals surface area contributed by atoms with E-state index >= 15 is 0 Å². The van der Waals surface area contributed by atoms with Gasteiger partial charge in [-0.15, -0.1) is 5.10 Å². The Morgan fingerprint density at radius 3 is 2.32 bits per heavy atom. The molecule has 0 radical (unpaired) electrons. The molecule has 1 aromatic heterocycles. The van der Waals surface area contributed by atoms with E-state index in [1.54, 1.807) is 0 Å². The molecule has 7 nitrogen and oxygen atoms in total. The number of nitrogens with one attached hydrogen (secondary N) is 1. The summed E-state index contributed by atoms with van der Waals surface area (Å²) in [6.45, 7) is 10.3. The number of hydrogen-bond acceptors (Lipinski definition) is 5. The first-order valence-corrected chi connectivity index (χ1v) is 11.3. The number of piperazine rings is 1. The number of amides is 1. The third-order valence-corrected chi connectivity index (χ3v) is 7.21. The Kier molecular flexibility index (Phi) is 6.31. The van der Waals surface area contributed by atoms with Crippen LogP contribution in [0.5, 0.6) is 0 Å². The first-order valence-electron chi connectivity index (χ1n) is 11.3. The quantitative estimate of drug-likeness (QED) is 0.856. The van der Waals surface area contributed by atoms with Gasteiger partial charge in [0.1, 0.15) is 0 Å². The molecule has 4 rings (SSSR count). The van der Waals surface area contributed by atoms with Crippen LogP contribution in [0.3, 0.4) is 0 Å². The standard InChI is InChI=1S/C21H36N6O/c1-16(2)17-3-5-18(6-4-17)25-11-13-26(14-12-25)21(28)20-15-27(24-23-20)19-7-9-22-10-8-19/h15-19,22H,3-14H2,1-2H3. The van der Waals surface area contributed by atoms with Crippen LogP contribution in [-0.4, -0.2) is 76.0 Å². The Balaban J connectivity index is 1.27. The highest BCUT2D eigenvalue weighted by Crippen LogP contribution is 2.32. The van der Waals surface area contributed by atoms with E-state index < -0.39 is 0 Å². The molecule has 3 heterocycles. The highest BCUT2D eigenvalue weighted by atomic mass is 16.2. The van der Waals surface area contributed by atoms with Crippen LogP contribution < -0.4 is 5.32 Å². The maximum absolute atomic E-state index is 12.9. The summed E-state index contributed by atoms with van der Waals surface area (Å²) in [4.78, 5) is 17.5. The van der Waals surface area contributed by atoms with Crippen LogP contribution in [0.4, 0.5) is 0 Å². The highest BCUT2D eigenvalue weighted by molar-refractivity contribution is 5.92. The number of nitrogens with zero attached hydrogens (tertiary/aromatic N) is 5. The molecule has 0 bridgehead atoms. The molecule has 1 aromatic rings. The van der Waals surface area contributed by atoms with E-state index in [-0.39, 0.29) is 5.91 Å². The normalized spacial score (nSPS) is 28.0. The van der Waals surface area contributed by atoms with E-state index in [0.717, 1.165) is 63.9 Å². The topological polar surface area (TPSA) is 66.3 Å². The Labute approximate surface area is 168 Å². The molecule has 1 amide bonds. The molecule has 0 atom stereocenters. The maximum atomic E-state index is 12.9. The molecule has 1 aliphatic carbocycles. The predicted octanol–water partition coefficient (Wildman–Crippen LogP) is 2.18. The smallest absolute Gasteiger partial charge is 0.276 e. The fourth-order valence-electron chi connectivity index (χ4n) is 5.21. The molecule has 3 fully saturated rings. The number of hydrogen-bond donors (Lipinski definition) is 1.